The van der Waals surface area contributed by atoms with Gasteiger partial charge in [-0.3, -0.25) is 4.79 Å². The molecule has 20 heavy (non-hydrogen) atoms. The monoisotopic (exact) mass is 279 g/mol. The van der Waals surface area contributed by atoms with E-state index in [1.54, 1.807) is 31.2 Å². The number of hydrogen-bond acceptors (Lipinski definition) is 3. The normalized spacial score (nSPS) is 13.9. The number of rotatable bonds is 7. The molecule has 1 aromatic rings. The summed E-state index contributed by atoms with van der Waals surface area (Å²) in [6.45, 7) is 8.43. The van der Waals surface area contributed by atoms with Crippen LogP contribution in [-0.4, -0.2) is 29.8 Å². The van der Waals surface area contributed by atoms with Crippen molar-refractivity contribution in [2.24, 2.45) is 5.92 Å². The van der Waals surface area contributed by atoms with Crippen molar-refractivity contribution in [1.82, 2.24) is 5.32 Å². The van der Waals surface area contributed by atoms with Gasteiger partial charge >= 0.3 is 0 Å². The van der Waals surface area contributed by atoms with Crippen LogP contribution in [-0.2, 0) is 0 Å². The smallest absolute Gasteiger partial charge is 0.251 e. The number of aliphatic hydroxyl groups excluding tert-OH is 1. The highest BCUT2D eigenvalue weighted by molar-refractivity contribution is 5.94. The third-order valence-electron chi connectivity index (χ3n) is 2.77. The SMILES string of the molecule is CC(C)COc1ccc(C(=O)NC(C)CC(C)O)cc1. The van der Waals surface area contributed by atoms with Gasteiger partial charge in [0.05, 0.1) is 12.7 Å². The number of amides is 1. The van der Waals surface area contributed by atoms with Crippen molar-refractivity contribution in [3.63, 3.8) is 0 Å². The summed E-state index contributed by atoms with van der Waals surface area (Å²) in [4.78, 5) is 12.0. The summed E-state index contributed by atoms with van der Waals surface area (Å²) < 4.78 is 5.57. The van der Waals surface area contributed by atoms with Crippen LogP contribution in [0.1, 0.15) is 44.5 Å². The fourth-order valence-corrected chi connectivity index (χ4v) is 1.84. The lowest BCUT2D eigenvalue weighted by atomic mass is 10.1. The Morgan fingerprint density at radius 2 is 1.80 bits per heavy atom. The Hall–Kier alpha value is -1.55. The van der Waals surface area contributed by atoms with Gasteiger partial charge in [0.15, 0.2) is 0 Å². The predicted octanol–water partition coefficient (Wildman–Crippen LogP) is 2.61. The Kier molecular flexibility index (Phi) is 6.52. The molecule has 4 nitrogen and oxygen atoms in total. The summed E-state index contributed by atoms with van der Waals surface area (Å²) in [6.07, 6.45) is 0.124. The maximum absolute atomic E-state index is 12.0. The lowest BCUT2D eigenvalue weighted by Gasteiger charge is -2.15. The summed E-state index contributed by atoms with van der Waals surface area (Å²) in [6, 6.07) is 7.05. The summed E-state index contributed by atoms with van der Waals surface area (Å²) in [5.41, 5.74) is 0.597. The molecule has 2 N–H and O–H groups in total. The van der Waals surface area contributed by atoms with Gasteiger partial charge in [0.25, 0.3) is 5.91 Å². The fourth-order valence-electron chi connectivity index (χ4n) is 1.84. The van der Waals surface area contributed by atoms with E-state index in [2.05, 4.69) is 19.2 Å². The van der Waals surface area contributed by atoms with Gasteiger partial charge in [-0.1, -0.05) is 13.8 Å². The Morgan fingerprint density at radius 1 is 1.20 bits per heavy atom. The first kappa shape index (κ1) is 16.5. The fraction of sp³-hybridized carbons (Fsp3) is 0.562. The van der Waals surface area contributed by atoms with Gasteiger partial charge in [-0.15, -0.1) is 0 Å². The van der Waals surface area contributed by atoms with Gasteiger partial charge in [-0.2, -0.15) is 0 Å². The third kappa shape index (κ3) is 6.06. The van der Waals surface area contributed by atoms with Gasteiger partial charge in [-0.25, -0.2) is 0 Å². The van der Waals surface area contributed by atoms with Crippen molar-refractivity contribution in [2.45, 2.75) is 46.3 Å². The molecule has 2 unspecified atom stereocenters. The molecule has 4 heteroatoms. The Bertz CT molecular complexity index is 412. The van der Waals surface area contributed by atoms with Crippen molar-refractivity contribution in [3.05, 3.63) is 29.8 Å². The number of hydrogen-bond donors (Lipinski definition) is 2. The second kappa shape index (κ2) is 7.90. The molecule has 0 heterocycles. The lowest BCUT2D eigenvalue weighted by Crippen LogP contribution is -2.34. The number of nitrogens with one attached hydrogen (secondary N) is 1. The molecule has 112 valence electrons. The van der Waals surface area contributed by atoms with E-state index in [0.717, 1.165) is 5.75 Å². The molecule has 0 aliphatic heterocycles. The average molecular weight is 279 g/mol. The van der Waals surface area contributed by atoms with E-state index in [0.29, 0.717) is 24.5 Å². The maximum atomic E-state index is 12.0. The molecule has 0 saturated heterocycles. The van der Waals surface area contributed by atoms with Gasteiger partial charge in [-0.05, 0) is 50.5 Å². The Morgan fingerprint density at radius 3 is 2.30 bits per heavy atom. The second-order valence-corrected chi connectivity index (χ2v) is 5.69. The highest BCUT2D eigenvalue weighted by Gasteiger charge is 2.11. The molecule has 1 amide bonds. The summed E-state index contributed by atoms with van der Waals surface area (Å²) >= 11 is 0. The Labute approximate surface area is 121 Å². The number of ether oxygens (including phenoxy) is 1. The van der Waals surface area contributed by atoms with Gasteiger partial charge in [0.2, 0.25) is 0 Å². The average Bonchev–Trinajstić information content (AvgIpc) is 2.35. The van der Waals surface area contributed by atoms with Crippen molar-refractivity contribution >= 4 is 5.91 Å². The van der Waals surface area contributed by atoms with E-state index in [1.165, 1.54) is 0 Å². The van der Waals surface area contributed by atoms with E-state index in [4.69, 9.17) is 4.74 Å². The van der Waals surface area contributed by atoms with Crippen LogP contribution in [0.4, 0.5) is 0 Å². The van der Waals surface area contributed by atoms with Crippen molar-refractivity contribution in [1.29, 1.82) is 0 Å². The lowest BCUT2D eigenvalue weighted by molar-refractivity contribution is 0.0923. The number of benzene rings is 1. The zero-order chi connectivity index (χ0) is 15.1. The van der Waals surface area contributed by atoms with Crippen LogP contribution in [0.5, 0.6) is 5.75 Å². The Balaban J connectivity index is 2.53. The number of aliphatic hydroxyl groups is 1. The van der Waals surface area contributed by atoms with Gasteiger partial charge in [0.1, 0.15) is 5.75 Å². The van der Waals surface area contributed by atoms with Gasteiger partial charge in [0, 0.05) is 11.6 Å². The van der Waals surface area contributed by atoms with Crippen molar-refractivity contribution in [3.8, 4) is 5.75 Å². The van der Waals surface area contributed by atoms with E-state index in [9.17, 15) is 9.90 Å². The minimum absolute atomic E-state index is 0.0561. The first-order valence-corrected chi connectivity index (χ1v) is 7.10. The van der Waals surface area contributed by atoms with Crippen molar-refractivity contribution in [2.75, 3.05) is 6.61 Å². The van der Waals surface area contributed by atoms with E-state index < -0.39 is 6.10 Å². The van der Waals surface area contributed by atoms with Crippen LogP contribution >= 0.6 is 0 Å². The molecule has 0 aliphatic carbocycles. The zero-order valence-corrected chi connectivity index (χ0v) is 12.7. The first-order chi connectivity index (χ1) is 9.38. The van der Waals surface area contributed by atoms with Crippen LogP contribution in [0.25, 0.3) is 0 Å². The van der Waals surface area contributed by atoms with Gasteiger partial charge < -0.3 is 15.2 Å². The summed E-state index contributed by atoms with van der Waals surface area (Å²) in [5, 5.41) is 12.1. The molecular weight excluding hydrogens is 254 g/mol. The van der Waals surface area contributed by atoms with Crippen molar-refractivity contribution < 1.29 is 14.6 Å². The predicted molar refractivity (Wildman–Crippen MR) is 80.0 cm³/mol. The molecule has 1 rings (SSSR count). The highest BCUT2D eigenvalue weighted by Crippen LogP contribution is 2.13. The molecule has 0 saturated carbocycles. The van der Waals surface area contributed by atoms with Crippen LogP contribution < -0.4 is 10.1 Å². The van der Waals surface area contributed by atoms with E-state index >= 15 is 0 Å². The molecule has 0 bridgehead atoms. The third-order valence-corrected chi connectivity index (χ3v) is 2.77. The van der Waals surface area contributed by atoms with Crippen LogP contribution in [0.15, 0.2) is 24.3 Å². The molecule has 0 aromatic heterocycles. The summed E-state index contributed by atoms with van der Waals surface area (Å²) in [5.74, 6) is 1.11. The van der Waals surface area contributed by atoms with Crippen LogP contribution in [0, 0.1) is 5.92 Å². The zero-order valence-electron chi connectivity index (χ0n) is 12.7. The molecule has 0 aliphatic rings. The largest absolute Gasteiger partial charge is 0.493 e. The summed E-state index contributed by atoms with van der Waals surface area (Å²) in [7, 11) is 0. The molecule has 0 spiro atoms. The van der Waals surface area contributed by atoms with Crippen LogP contribution in [0.2, 0.25) is 0 Å². The number of carbonyl (C=O) groups excluding carboxylic acids is 1. The molecule has 0 radical (unpaired) electrons. The minimum Gasteiger partial charge on any atom is -0.493 e. The van der Waals surface area contributed by atoms with E-state index in [1.807, 2.05) is 6.92 Å². The molecular formula is C16H25NO3. The molecule has 1 aromatic carbocycles. The maximum Gasteiger partial charge on any atom is 0.251 e. The highest BCUT2D eigenvalue weighted by atomic mass is 16.5. The molecule has 2 atom stereocenters. The van der Waals surface area contributed by atoms with Crippen LogP contribution in [0.3, 0.4) is 0 Å². The van der Waals surface area contributed by atoms with E-state index in [-0.39, 0.29) is 11.9 Å². The first-order valence-electron chi connectivity index (χ1n) is 7.10. The molecule has 0 fully saturated rings. The number of carbonyl (C=O) groups is 1. The minimum atomic E-state index is -0.419. The second-order valence-electron chi connectivity index (χ2n) is 5.69. The quantitative estimate of drug-likeness (QED) is 0.806. The standard InChI is InChI=1S/C16H25NO3/c1-11(2)10-20-15-7-5-14(6-8-15)16(19)17-12(3)9-13(4)18/h5-8,11-13,18H,9-10H2,1-4H3,(H,17,19). The topological polar surface area (TPSA) is 58.6 Å².